The van der Waals surface area contributed by atoms with Crippen molar-refractivity contribution in [1.82, 2.24) is 9.97 Å². The summed E-state index contributed by atoms with van der Waals surface area (Å²) in [5.74, 6) is 2.13. The molecular weight excluding hydrogens is 326 g/mol. The van der Waals surface area contributed by atoms with E-state index < -0.39 is 9.84 Å². The van der Waals surface area contributed by atoms with Crippen molar-refractivity contribution in [3.8, 4) is 6.07 Å². The summed E-state index contributed by atoms with van der Waals surface area (Å²) in [6.07, 6.45) is 0.587. The van der Waals surface area contributed by atoms with Crippen molar-refractivity contribution in [1.29, 1.82) is 5.26 Å². The van der Waals surface area contributed by atoms with Gasteiger partial charge in [-0.15, -0.1) is 0 Å². The molecule has 1 atom stereocenters. The van der Waals surface area contributed by atoms with E-state index in [2.05, 4.69) is 26.7 Å². The van der Waals surface area contributed by atoms with E-state index in [0.29, 0.717) is 29.4 Å². The Morgan fingerprint density at radius 1 is 1.21 bits per heavy atom. The second-order valence-electron chi connectivity index (χ2n) is 5.74. The second-order valence-corrected chi connectivity index (χ2v) is 7.97. The quantitative estimate of drug-likeness (QED) is 0.874. The van der Waals surface area contributed by atoms with E-state index in [1.807, 2.05) is 0 Å². The van der Waals surface area contributed by atoms with Crippen LogP contribution in [0.1, 0.15) is 17.8 Å². The van der Waals surface area contributed by atoms with Crippen molar-refractivity contribution >= 4 is 27.2 Å². The van der Waals surface area contributed by atoms with Crippen LogP contribution < -0.4 is 10.6 Å². The highest BCUT2D eigenvalue weighted by Crippen LogP contribution is 2.21. The molecule has 0 saturated carbocycles. The third kappa shape index (κ3) is 4.00. The summed E-state index contributed by atoms with van der Waals surface area (Å²) >= 11 is 0. The summed E-state index contributed by atoms with van der Waals surface area (Å²) < 4.78 is 23.1. The molecule has 24 heavy (non-hydrogen) atoms. The number of nitriles is 1. The number of hydrogen-bond acceptors (Lipinski definition) is 7. The molecule has 1 aromatic carbocycles. The number of anilines is 3. The Hall–Kier alpha value is -2.66. The predicted octanol–water partition coefficient (Wildman–Crippen LogP) is 2.00. The van der Waals surface area contributed by atoms with Crippen molar-refractivity contribution in [3.05, 3.63) is 41.7 Å². The van der Waals surface area contributed by atoms with Crippen molar-refractivity contribution in [2.45, 2.75) is 19.4 Å². The molecule has 0 spiro atoms. The Labute approximate surface area is 140 Å². The average Bonchev–Trinajstić information content (AvgIpc) is 2.86. The van der Waals surface area contributed by atoms with Crippen LogP contribution in [0.15, 0.2) is 30.3 Å². The predicted molar refractivity (Wildman–Crippen MR) is 91.9 cm³/mol. The number of aryl methyl sites for hydroxylation is 1. The summed E-state index contributed by atoms with van der Waals surface area (Å²) in [6.45, 7) is 1.78. The average molecular weight is 343 g/mol. The highest BCUT2D eigenvalue weighted by Gasteiger charge is 2.28. The van der Waals surface area contributed by atoms with Crippen LogP contribution in [0.25, 0.3) is 0 Å². The molecule has 3 rings (SSSR count). The maximum absolute atomic E-state index is 11.6. The van der Waals surface area contributed by atoms with Crippen molar-refractivity contribution < 1.29 is 8.42 Å². The van der Waals surface area contributed by atoms with Crippen molar-refractivity contribution in [2.75, 3.05) is 22.1 Å². The first-order chi connectivity index (χ1) is 11.4. The number of sulfone groups is 1. The SMILES string of the molecule is Cc1nc(Nc2ccc(C#N)cc2)cc(NC2CCS(=O)(=O)C2)n1. The summed E-state index contributed by atoms with van der Waals surface area (Å²) in [7, 11) is -2.94. The van der Waals surface area contributed by atoms with Crippen molar-refractivity contribution in [3.63, 3.8) is 0 Å². The summed E-state index contributed by atoms with van der Waals surface area (Å²) in [6, 6.07) is 10.7. The molecular formula is C16H17N5O2S. The fourth-order valence-electron chi connectivity index (χ4n) is 2.60. The molecule has 124 valence electrons. The van der Waals surface area contributed by atoms with E-state index >= 15 is 0 Å². The number of benzene rings is 1. The number of aromatic nitrogens is 2. The van der Waals surface area contributed by atoms with Gasteiger partial charge in [-0.25, -0.2) is 18.4 Å². The lowest BCUT2D eigenvalue weighted by molar-refractivity contribution is 0.602. The van der Waals surface area contributed by atoms with Crippen LogP contribution in [0.3, 0.4) is 0 Å². The summed E-state index contributed by atoms with van der Waals surface area (Å²) in [4.78, 5) is 8.64. The van der Waals surface area contributed by atoms with Crippen LogP contribution in [-0.2, 0) is 9.84 Å². The van der Waals surface area contributed by atoms with Gasteiger partial charge in [0.25, 0.3) is 0 Å². The van der Waals surface area contributed by atoms with Gasteiger partial charge in [0.05, 0.1) is 23.1 Å². The van der Waals surface area contributed by atoms with Crippen LogP contribution in [0, 0.1) is 18.3 Å². The van der Waals surface area contributed by atoms with E-state index in [1.54, 1.807) is 37.3 Å². The first-order valence-electron chi connectivity index (χ1n) is 7.53. The van der Waals surface area contributed by atoms with Gasteiger partial charge in [0.15, 0.2) is 9.84 Å². The molecule has 0 radical (unpaired) electrons. The van der Waals surface area contributed by atoms with Gasteiger partial charge in [-0.3, -0.25) is 0 Å². The zero-order valence-electron chi connectivity index (χ0n) is 13.2. The van der Waals surface area contributed by atoms with Gasteiger partial charge in [-0.1, -0.05) is 0 Å². The van der Waals surface area contributed by atoms with Gasteiger partial charge in [-0.05, 0) is 37.6 Å². The lowest BCUT2D eigenvalue weighted by atomic mass is 10.2. The second kappa shape index (κ2) is 6.45. The van der Waals surface area contributed by atoms with Gasteiger partial charge in [0.2, 0.25) is 0 Å². The van der Waals surface area contributed by atoms with Crippen LogP contribution in [0.4, 0.5) is 17.3 Å². The molecule has 1 unspecified atom stereocenters. The molecule has 0 aliphatic carbocycles. The van der Waals surface area contributed by atoms with Gasteiger partial charge in [-0.2, -0.15) is 5.26 Å². The monoisotopic (exact) mass is 343 g/mol. The minimum atomic E-state index is -2.94. The smallest absolute Gasteiger partial charge is 0.152 e. The fraction of sp³-hybridized carbons (Fsp3) is 0.312. The first-order valence-corrected chi connectivity index (χ1v) is 9.35. The molecule has 1 aliphatic rings. The number of nitrogens with zero attached hydrogens (tertiary/aromatic N) is 3. The topological polar surface area (TPSA) is 108 Å². The molecule has 0 bridgehead atoms. The Morgan fingerprint density at radius 3 is 2.54 bits per heavy atom. The van der Waals surface area contributed by atoms with E-state index in [9.17, 15) is 8.42 Å². The van der Waals surface area contributed by atoms with E-state index in [4.69, 9.17) is 5.26 Å². The number of hydrogen-bond donors (Lipinski definition) is 2. The van der Waals surface area contributed by atoms with Crippen LogP contribution in [0.2, 0.25) is 0 Å². The zero-order chi connectivity index (χ0) is 17.2. The van der Waals surface area contributed by atoms with Gasteiger partial charge in [0, 0.05) is 17.8 Å². The van der Waals surface area contributed by atoms with E-state index in [1.165, 1.54) is 0 Å². The third-order valence-corrected chi connectivity index (χ3v) is 5.48. The number of rotatable bonds is 4. The summed E-state index contributed by atoms with van der Waals surface area (Å²) in [5.41, 5.74) is 1.39. The Bertz CT molecular complexity index is 888. The molecule has 7 nitrogen and oxygen atoms in total. The lowest BCUT2D eigenvalue weighted by Crippen LogP contribution is -2.21. The van der Waals surface area contributed by atoms with Crippen LogP contribution in [-0.4, -0.2) is 35.9 Å². The molecule has 1 aliphatic heterocycles. The minimum absolute atomic E-state index is 0.118. The molecule has 1 saturated heterocycles. The maximum Gasteiger partial charge on any atom is 0.152 e. The van der Waals surface area contributed by atoms with Crippen LogP contribution >= 0.6 is 0 Å². The maximum atomic E-state index is 11.6. The number of nitrogens with one attached hydrogen (secondary N) is 2. The summed E-state index contributed by atoms with van der Waals surface area (Å²) in [5, 5.41) is 15.1. The van der Waals surface area contributed by atoms with E-state index in [0.717, 1.165) is 5.69 Å². The third-order valence-electron chi connectivity index (χ3n) is 3.71. The largest absolute Gasteiger partial charge is 0.366 e. The molecule has 2 heterocycles. The Morgan fingerprint density at radius 2 is 1.92 bits per heavy atom. The molecule has 1 fully saturated rings. The lowest BCUT2D eigenvalue weighted by Gasteiger charge is -2.13. The normalized spacial score (nSPS) is 18.8. The molecule has 2 aromatic rings. The highest BCUT2D eigenvalue weighted by atomic mass is 32.2. The van der Waals surface area contributed by atoms with E-state index in [-0.39, 0.29) is 17.5 Å². The van der Waals surface area contributed by atoms with Gasteiger partial charge < -0.3 is 10.6 Å². The molecule has 0 amide bonds. The Balaban J connectivity index is 1.75. The molecule has 8 heteroatoms. The van der Waals surface area contributed by atoms with Gasteiger partial charge >= 0.3 is 0 Å². The van der Waals surface area contributed by atoms with Crippen molar-refractivity contribution in [2.24, 2.45) is 0 Å². The Kier molecular flexibility index (Phi) is 4.36. The van der Waals surface area contributed by atoms with Crippen LogP contribution in [0.5, 0.6) is 0 Å². The minimum Gasteiger partial charge on any atom is -0.366 e. The zero-order valence-corrected chi connectivity index (χ0v) is 14.0. The fourth-order valence-corrected chi connectivity index (χ4v) is 4.27. The molecule has 2 N–H and O–H groups in total. The standard InChI is InChI=1S/C16H17N5O2S/c1-11-18-15(20-13-4-2-12(9-17)3-5-13)8-16(19-11)21-14-6-7-24(22,23)10-14/h2-5,8,14H,6-7,10H2,1H3,(H2,18,19,20,21). The first kappa shape index (κ1) is 16.2. The van der Waals surface area contributed by atoms with Gasteiger partial charge in [0.1, 0.15) is 17.5 Å². The highest BCUT2D eigenvalue weighted by molar-refractivity contribution is 7.91. The molecule has 1 aromatic heterocycles.